The molecule has 0 spiro atoms. The minimum Gasteiger partial charge on any atom is -0.396 e. The van der Waals surface area contributed by atoms with Crippen LogP contribution in [0.2, 0.25) is 0 Å². The molecule has 7 nitrogen and oxygen atoms in total. The first-order valence-corrected chi connectivity index (χ1v) is 9.99. The molecule has 4 rings (SSSR count). The van der Waals surface area contributed by atoms with Gasteiger partial charge in [0, 0.05) is 49.2 Å². The fourth-order valence-corrected chi connectivity index (χ4v) is 5.34. The SMILES string of the molecule is CCNC(=O)[C@H]1[C@H](CO)[C@H]2Cn3c(cccc3=O)[C@H]2N1C(=O)C1CCCC1. The number of carbonyl (C=O) groups excluding carboxylic acids is 2. The molecule has 1 saturated heterocycles. The second-order valence-corrected chi connectivity index (χ2v) is 7.92. The van der Waals surface area contributed by atoms with Crippen LogP contribution in [0, 0.1) is 17.8 Å². The number of aliphatic hydroxyl groups is 1. The first-order valence-electron chi connectivity index (χ1n) is 9.99. The highest BCUT2D eigenvalue weighted by Crippen LogP contribution is 2.50. The molecule has 2 amide bonds. The number of carbonyl (C=O) groups is 2. The predicted molar refractivity (Wildman–Crippen MR) is 98.8 cm³/mol. The minimum atomic E-state index is -0.679. The molecule has 1 saturated carbocycles. The standard InChI is InChI=1S/C20H27N3O4/c1-2-21-19(26)18-14(11-24)13-10-22-15(8-5-9-16(22)25)17(13)23(18)20(27)12-6-3-4-7-12/h5,8-9,12-14,17-18,24H,2-4,6-7,10-11H2,1H3,(H,21,26)/t13-,14-,17+,18-/m1/s1. The summed E-state index contributed by atoms with van der Waals surface area (Å²) >= 11 is 0. The van der Waals surface area contributed by atoms with Crippen LogP contribution in [0.25, 0.3) is 0 Å². The molecule has 0 bridgehead atoms. The molecular weight excluding hydrogens is 346 g/mol. The van der Waals surface area contributed by atoms with Crippen LogP contribution in [0.5, 0.6) is 0 Å². The molecule has 1 aliphatic carbocycles. The molecule has 0 aromatic carbocycles. The quantitative estimate of drug-likeness (QED) is 0.811. The third kappa shape index (κ3) is 2.79. The van der Waals surface area contributed by atoms with E-state index in [4.69, 9.17) is 0 Å². The van der Waals surface area contributed by atoms with E-state index < -0.39 is 6.04 Å². The number of hydrogen-bond donors (Lipinski definition) is 2. The second kappa shape index (κ2) is 7.11. The second-order valence-electron chi connectivity index (χ2n) is 7.92. The largest absolute Gasteiger partial charge is 0.396 e. The molecule has 3 heterocycles. The Balaban J connectivity index is 1.79. The van der Waals surface area contributed by atoms with Gasteiger partial charge < -0.3 is 19.9 Å². The molecule has 0 radical (unpaired) electrons. The maximum Gasteiger partial charge on any atom is 0.250 e. The molecule has 0 unspecified atom stereocenters. The number of hydrogen-bond acceptors (Lipinski definition) is 4. The summed E-state index contributed by atoms with van der Waals surface area (Å²) in [5, 5.41) is 12.9. The van der Waals surface area contributed by atoms with E-state index in [9.17, 15) is 19.5 Å². The number of rotatable bonds is 4. The lowest BCUT2D eigenvalue weighted by Crippen LogP contribution is -2.51. The fourth-order valence-electron chi connectivity index (χ4n) is 5.34. The van der Waals surface area contributed by atoms with Crippen molar-refractivity contribution in [3.05, 3.63) is 34.2 Å². The number of likely N-dealkylation sites (tertiary alicyclic amines) is 1. The Morgan fingerprint density at radius 2 is 2.00 bits per heavy atom. The lowest BCUT2D eigenvalue weighted by atomic mass is 9.88. The first kappa shape index (κ1) is 18.2. The van der Waals surface area contributed by atoms with Crippen LogP contribution in [-0.4, -0.2) is 45.6 Å². The Morgan fingerprint density at radius 3 is 2.67 bits per heavy atom. The molecule has 1 aromatic rings. The van der Waals surface area contributed by atoms with Gasteiger partial charge >= 0.3 is 0 Å². The van der Waals surface area contributed by atoms with Crippen molar-refractivity contribution >= 4 is 11.8 Å². The van der Waals surface area contributed by atoms with Crippen LogP contribution in [0.1, 0.15) is 44.3 Å². The molecule has 27 heavy (non-hydrogen) atoms. The summed E-state index contributed by atoms with van der Waals surface area (Å²) in [5.74, 6) is -0.764. The van der Waals surface area contributed by atoms with Gasteiger partial charge in [0.05, 0.1) is 6.04 Å². The smallest absolute Gasteiger partial charge is 0.250 e. The fraction of sp³-hybridized carbons (Fsp3) is 0.650. The topological polar surface area (TPSA) is 91.6 Å². The summed E-state index contributed by atoms with van der Waals surface area (Å²) in [7, 11) is 0. The van der Waals surface area contributed by atoms with Crippen molar-refractivity contribution in [3.63, 3.8) is 0 Å². The van der Waals surface area contributed by atoms with Gasteiger partial charge in [-0.3, -0.25) is 14.4 Å². The maximum atomic E-state index is 13.4. The molecular formula is C20H27N3O4. The highest BCUT2D eigenvalue weighted by atomic mass is 16.3. The van der Waals surface area contributed by atoms with Crippen molar-refractivity contribution in [1.82, 2.24) is 14.8 Å². The lowest BCUT2D eigenvalue weighted by Gasteiger charge is -2.32. The van der Waals surface area contributed by atoms with E-state index in [1.54, 1.807) is 15.5 Å². The van der Waals surface area contributed by atoms with Crippen molar-refractivity contribution < 1.29 is 14.7 Å². The van der Waals surface area contributed by atoms with Gasteiger partial charge in [0.15, 0.2) is 0 Å². The monoisotopic (exact) mass is 373 g/mol. The molecule has 2 aliphatic heterocycles. The molecule has 3 aliphatic rings. The Morgan fingerprint density at radius 1 is 1.26 bits per heavy atom. The van der Waals surface area contributed by atoms with Crippen LogP contribution < -0.4 is 10.9 Å². The number of nitrogens with one attached hydrogen (secondary N) is 1. The highest BCUT2D eigenvalue weighted by Gasteiger charge is 2.57. The van der Waals surface area contributed by atoms with Crippen LogP contribution in [0.4, 0.5) is 0 Å². The zero-order valence-corrected chi connectivity index (χ0v) is 15.6. The predicted octanol–water partition coefficient (Wildman–Crippen LogP) is 0.665. The molecule has 1 aromatic heterocycles. The van der Waals surface area contributed by atoms with Gasteiger partial charge in [0.25, 0.3) is 5.56 Å². The van der Waals surface area contributed by atoms with Crippen molar-refractivity contribution in [1.29, 1.82) is 0 Å². The average Bonchev–Trinajstić information content (AvgIpc) is 3.36. The number of amides is 2. The summed E-state index contributed by atoms with van der Waals surface area (Å²) in [6.07, 6.45) is 3.76. The molecule has 7 heteroatoms. The number of likely N-dealkylation sites (N-methyl/N-ethyl adjacent to an activating group) is 1. The number of nitrogens with zero attached hydrogens (tertiary/aromatic N) is 2. The van der Waals surface area contributed by atoms with Gasteiger partial charge in [-0.2, -0.15) is 0 Å². The number of fused-ring (bicyclic) bond motifs is 3. The van der Waals surface area contributed by atoms with Crippen molar-refractivity contribution in [2.24, 2.45) is 17.8 Å². The van der Waals surface area contributed by atoms with Gasteiger partial charge in [-0.15, -0.1) is 0 Å². The zero-order chi connectivity index (χ0) is 19.1. The number of aliphatic hydroxyl groups excluding tert-OH is 1. The molecule has 2 fully saturated rings. The molecule has 2 N–H and O–H groups in total. The lowest BCUT2D eigenvalue weighted by molar-refractivity contribution is -0.144. The Labute approximate surface area is 158 Å². The van der Waals surface area contributed by atoms with Crippen molar-refractivity contribution in [2.45, 2.75) is 51.2 Å². The van der Waals surface area contributed by atoms with E-state index >= 15 is 0 Å². The third-order valence-electron chi connectivity index (χ3n) is 6.53. The summed E-state index contributed by atoms with van der Waals surface area (Å²) in [4.78, 5) is 40.3. The van der Waals surface area contributed by atoms with Gasteiger partial charge in [-0.25, -0.2) is 0 Å². The van der Waals surface area contributed by atoms with Crippen LogP contribution >= 0.6 is 0 Å². The minimum absolute atomic E-state index is 0.000505. The van der Waals surface area contributed by atoms with Crippen molar-refractivity contribution in [2.75, 3.05) is 13.2 Å². The number of aromatic nitrogens is 1. The van der Waals surface area contributed by atoms with Gasteiger partial charge in [0.1, 0.15) is 6.04 Å². The van der Waals surface area contributed by atoms with Crippen LogP contribution in [0.3, 0.4) is 0 Å². The molecule has 146 valence electrons. The highest BCUT2D eigenvalue weighted by molar-refractivity contribution is 5.90. The van der Waals surface area contributed by atoms with E-state index in [1.165, 1.54) is 6.07 Å². The summed E-state index contributed by atoms with van der Waals surface area (Å²) in [6.45, 7) is 2.58. The third-order valence-corrected chi connectivity index (χ3v) is 6.53. The maximum absolute atomic E-state index is 13.4. The van der Waals surface area contributed by atoms with Gasteiger partial charge in [-0.1, -0.05) is 18.9 Å². The summed E-state index contributed by atoms with van der Waals surface area (Å²) in [5.41, 5.74) is 0.686. The Kier molecular flexibility index (Phi) is 4.80. The van der Waals surface area contributed by atoms with E-state index in [1.807, 2.05) is 13.0 Å². The van der Waals surface area contributed by atoms with E-state index in [0.29, 0.717) is 13.1 Å². The average molecular weight is 373 g/mol. The van der Waals surface area contributed by atoms with Gasteiger partial charge in [-0.05, 0) is 25.8 Å². The zero-order valence-electron chi connectivity index (χ0n) is 15.6. The van der Waals surface area contributed by atoms with Crippen molar-refractivity contribution in [3.8, 4) is 0 Å². The van der Waals surface area contributed by atoms with Gasteiger partial charge in [0.2, 0.25) is 11.8 Å². The van der Waals surface area contributed by atoms with E-state index in [0.717, 1.165) is 31.4 Å². The Hall–Kier alpha value is -2.15. The van der Waals surface area contributed by atoms with E-state index in [-0.39, 0.29) is 47.8 Å². The normalized spacial score (nSPS) is 29.6. The molecule has 4 atom stereocenters. The van der Waals surface area contributed by atoms with E-state index in [2.05, 4.69) is 5.32 Å². The number of pyridine rings is 1. The first-order chi connectivity index (χ1) is 13.1. The van der Waals surface area contributed by atoms with Crippen LogP contribution in [-0.2, 0) is 16.1 Å². The Bertz CT molecular complexity index is 799. The summed E-state index contributed by atoms with van der Waals surface area (Å²) < 4.78 is 1.70. The summed E-state index contributed by atoms with van der Waals surface area (Å²) in [6, 6.07) is 4.10. The van der Waals surface area contributed by atoms with Crippen LogP contribution in [0.15, 0.2) is 23.0 Å².